The first-order chi connectivity index (χ1) is 7.72. The molecule has 0 unspecified atom stereocenters. The van der Waals surface area contributed by atoms with Crippen molar-refractivity contribution in [3.05, 3.63) is 29.3 Å². The molecule has 1 fully saturated rings. The predicted molar refractivity (Wildman–Crippen MR) is 63.3 cm³/mol. The van der Waals surface area contributed by atoms with E-state index in [2.05, 4.69) is 11.0 Å². The normalized spacial score (nSPS) is 17.2. The van der Waals surface area contributed by atoms with Gasteiger partial charge in [0.1, 0.15) is 6.07 Å². The summed E-state index contributed by atoms with van der Waals surface area (Å²) in [5, 5.41) is 18.6. The van der Waals surface area contributed by atoms with Gasteiger partial charge in [0.25, 0.3) is 0 Å². The van der Waals surface area contributed by atoms with E-state index in [0.29, 0.717) is 0 Å². The van der Waals surface area contributed by atoms with E-state index in [1.54, 1.807) is 0 Å². The molecule has 1 aromatic rings. The predicted octanol–water partition coefficient (Wildman–Crippen LogP) is 1.83. The standard InChI is InChI=1S/C13H16N2O/c1-10-3-2-4-11(9-14)13(10)15-7-5-12(16)6-8-15/h2-4,12,16H,5-8H2,1H3. The molecule has 3 heteroatoms. The van der Waals surface area contributed by atoms with Crippen molar-refractivity contribution in [1.82, 2.24) is 0 Å². The highest BCUT2D eigenvalue weighted by Crippen LogP contribution is 2.27. The number of aryl methyl sites for hydroxylation is 1. The van der Waals surface area contributed by atoms with Gasteiger partial charge in [-0.05, 0) is 31.4 Å². The second-order valence-corrected chi connectivity index (χ2v) is 4.30. The molecule has 16 heavy (non-hydrogen) atoms. The highest BCUT2D eigenvalue weighted by molar-refractivity contribution is 5.64. The molecule has 0 amide bonds. The van der Waals surface area contributed by atoms with Gasteiger partial charge in [0.15, 0.2) is 0 Å². The third-order valence-corrected chi connectivity index (χ3v) is 3.14. The first-order valence-corrected chi connectivity index (χ1v) is 5.65. The Morgan fingerprint density at radius 3 is 2.69 bits per heavy atom. The third-order valence-electron chi connectivity index (χ3n) is 3.14. The van der Waals surface area contributed by atoms with E-state index in [-0.39, 0.29) is 6.10 Å². The molecule has 0 spiro atoms. The van der Waals surface area contributed by atoms with Crippen molar-refractivity contribution in [2.75, 3.05) is 18.0 Å². The van der Waals surface area contributed by atoms with E-state index in [1.165, 1.54) is 0 Å². The van der Waals surface area contributed by atoms with Crippen LogP contribution in [0.4, 0.5) is 5.69 Å². The zero-order valence-electron chi connectivity index (χ0n) is 9.48. The molecule has 1 heterocycles. The maximum Gasteiger partial charge on any atom is 0.101 e. The Hall–Kier alpha value is -1.53. The van der Waals surface area contributed by atoms with Gasteiger partial charge in [-0.1, -0.05) is 12.1 Å². The van der Waals surface area contributed by atoms with Crippen molar-refractivity contribution in [2.24, 2.45) is 0 Å². The Labute approximate surface area is 95.9 Å². The summed E-state index contributed by atoms with van der Waals surface area (Å²) in [4.78, 5) is 2.21. The minimum Gasteiger partial charge on any atom is -0.393 e. The minimum absolute atomic E-state index is 0.175. The molecule has 84 valence electrons. The van der Waals surface area contributed by atoms with Crippen LogP contribution in [0.25, 0.3) is 0 Å². The average molecular weight is 216 g/mol. The quantitative estimate of drug-likeness (QED) is 0.779. The summed E-state index contributed by atoms with van der Waals surface area (Å²) in [6.45, 7) is 3.70. The lowest BCUT2D eigenvalue weighted by atomic mass is 10.0. The molecule has 3 nitrogen and oxygen atoms in total. The Morgan fingerprint density at radius 1 is 1.38 bits per heavy atom. The lowest BCUT2D eigenvalue weighted by Gasteiger charge is -2.33. The number of nitrogens with zero attached hydrogens (tertiary/aromatic N) is 2. The molecular weight excluding hydrogens is 200 g/mol. The first-order valence-electron chi connectivity index (χ1n) is 5.65. The molecule has 0 radical (unpaired) electrons. The van der Waals surface area contributed by atoms with Gasteiger partial charge in [-0.2, -0.15) is 5.26 Å². The van der Waals surface area contributed by atoms with E-state index < -0.39 is 0 Å². The molecule has 0 aromatic heterocycles. The third kappa shape index (κ3) is 2.02. The van der Waals surface area contributed by atoms with Crippen LogP contribution in [-0.2, 0) is 0 Å². The number of aliphatic hydroxyl groups is 1. The number of para-hydroxylation sites is 1. The van der Waals surface area contributed by atoms with Gasteiger partial charge in [0.2, 0.25) is 0 Å². The molecule has 1 N–H and O–H groups in total. The minimum atomic E-state index is -0.175. The maximum atomic E-state index is 9.48. The summed E-state index contributed by atoms with van der Waals surface area (Å²) in [5.41, 5.74) is 2.91. The van der Waals surface area contributed by atoms with Gasteiger partial charge in [0, 0.05) is 13.1 Å². The monoisotopic (exact) mass is 216 g/mol. The Bertz CT molecular complexity index is 414. The van der Waals surface area contributed by atoms with Crippen molar-refractivity contribution in [2.45, 2.75) is 25.9 Å². The molecule has 0 saturated carbocycles. The zero-order valence-corrected chi connectivity index (χ0v) is 9.48. The van der Waals surface area contributed by atoms with Crippen molar-refractivity contribution in [3.8, 4) is 6.07 Å². The number of hydrogen-bond donors (Lipinski definition) is 1. The van der Waals surface area contributed by atoms with Crippen molar-refractivity contribution in [1.29, 1.82) is 5.26 Å². The van der Waals surface area contributed by atoms with Crippen molar-refractivity contribution < 1.29 is 5.11 Å². The van der Waals surface area contributed by atoms with Gasteiger partial charge >= 0.3 is 0 Å². The van der Waals surface area contributed by atoms with E-state index >= 15 is 0 Å². The Balaban J connectivity index is 2.30. The largest absolute Gasteiger partial charge is 0.393 e. The molecular formula is C13H16N2O. The topological polar surface area (TPSA) is 47.3 Å². The number of anilines is 1. The lowest BCUT2D eigenvalue weighted by molar-refractivity contribution is 0.145. The number of piperidine rings is 1. The first kappa shape index (κ1) is 11.0. The summed E-state index contributed by atoms with van der Waals surface area (Å²) < 4.78 is 0. The summed E-state index contributed by atoms with van der Waals surface area (Å²) >= 11 is 0. The second-order valence-electron chi connectivity index (χ2n) is 4.30. The van der Waals surface area contributed by atoms with Gasteiger partial charge in [-0.25, -0.2) is 0 Å². The van der Waals surface area contributed by atoms with Crippen LogP contribution in [0.2, 0.25) is 0 Å². The molecule has 0 bridgehead atoms. The maximum absolute atomic E-state index is 9.48. The SMILES string of the molecule is Cc1cccc(C#N)c1N1CCC(O)CC1. The number of benzene rings is 1. The number of hydrogen-bond acceptors (Lipinski definition) is 3. The average Bonchev–Trinajstić information content (AvgIpc) is 2.30. The van der Waals surface area contributed by atoms with Crippen LogP contribution in [0.15, 0.2) is 18.2 Å². The van der Waals surface area contributed by atoms with Crippen LogP contribution in [-0.4, -0.2) is 24.3 Å². The van der Waals surface area contributed by atoms with E-state index in [9.17, 15) is 5.11 Å². The fourth-order valence-electron chi connectivity index (χ4n) is 2.26. The van der Waals surface area contributed by atoms with Crippen LogP contribution < -0.4 is 4.90 Å². The van der Waals surface area contributed by atoms with E-state index in [1.807, 2.05) is 25.1 Å². The molecule has 0 atom stereocenters. The fraction of sp³-hybridized carbons (Fsp3) is 0.462. The number of nitriles is 1. The fourth-order valence-corrected chi connectivity index (χ4v) is 2.26. The number of rotatable bonds is 1. The molecule has 1 aliphatic rings. The van der Waals surface area contributed by atoms with Crippen LogP contribution in [0.3, 0.4) is 0 Å². The summed E-state index contributed by atoms with van der Waals surface area (Å²) in [5.74, 6) is 0. The zero-order chi connectivity index (χ0) is 11.5. The molecule has 1 aromatic carbocycles. The van der Waals surface area contributed by atoms with Gasteiger partial charge in [-0.15, -0.1) is 0 Å². The van der Waals surface area contributed by atoms with Crippen LogP contribution in [0.1, 0.15) is 24.0 Å². The summed E-state index contributed by atoms with van der Waals surface area (Å²) in [6, 6.07) is 8.04. The van der Waals surface area contributed by atoms with Crippen LogP contribution in [0, 0.1) is 18.3 Å². The van der Waals surface area contributed by atoms with Gasteiger partial charge in [-0.3, -0.25) is 0 Å². The van der Waals surface area contributed by atoms with Gasteiger partial charge in [0.05, 0.1) is 17.4 Å². The van der Waals surface area contributed by atoms with Crippen molar-refractivity contribution >= 4 is 5.69 Å². The van der Waals surface area contributed by atoms with Crippen molar-refractivity contribution in [3.63, 3.8) is 0 Å². The second kappa shape index (κ2) is 4.54. The molecule has 1 aliphatic heterocycles. The lowest BCUT2D eigenvalue weighted by Crippen LogP contribution is -2.36. The van der Waals surface area contributed by atoms with E-state index in [0.717, 1.165) is 42.7 Å². The molecule has 0 aliphatic carbocycles. The van der Waals surface area contributed by atoms with E-state index in [4.69, 9.17) is 5.26 Å². The molecule has 1 saturated heterocycles. The highest BCUT2D eigenvalue weighted by atomic mass is 16.3. The summed E-state index contributed by atoms with van der Waals surface area (Å²) in [7, 11) is 0. The van der Waals surface area contributed by atoms with Crippen LogP contribution in [0.5, 0.6) is 0 Å². The highest BCUT2D eigenvalue weighted by Gasteiger charge is 2.20. The smallest absolute Gasteiger partial charge is 0.101 e. The van der Waals surface area contributed by atoms with Gasteiger partial charge < -0.3 is 10.0 Å². The molecule has 2 rings (SSSR count). The number of aliphatic hydroxyl groups excluding tert-OH is 1. The Morgan fingerprint density at radius 2 is 2.06 bits per heavy atom. The summed E-state index contributed by atoms with van der Waals surface area (Å²) in [6.07, 6.45) is 1.41. The van der Waals surface area contributed by atoms with Crippen LogP contribution >= 0.6 is 0 Å². The Kier molecular flexibility index (Phi) is 3.12.